The molecule has 1 amide bonds. The molecule has 0 aliphatic rings. The molecule has 2 N–H and O–H groups in total. The molecule has 0 bridgehead atoms. The van der Waals surface area contributed by atoms with Crippen LogP contribution in [-0.2, 0) is 14.2 Å². The number of halogens is 1. The van der Waals surface area contributed by atoms with Gasteiger partial charge in [0.05, 0.1) is 6.61 Å². The number of carbonyl (C=O) groups excluding carboxylic acids is 1. The molecular weight excluding hydrogens is 301 g/mol. The average molecular weight is 319 g/mol. The van der Waals surface area contributed by atoms with Gasteiger partial charge in [-0.05, 0) is 24.3 Å². The van der Waals surface area contributed by atoms with E-state index in [4.69, 9.17) is 22.3 Å². The normalized spacial score (nSPS) is 11.1. The Bertz CT molecular complexity index is 468. The van der Waals surface area contributed by atoms with E-state index < -0.39 is 13.7 Å². The fourth-order valence-corrected chi connectivity index (χ4v) is 2.52. The summed E-state index contributed by atoms with van der Waals surface area (Å²) in [5, 5.41) is 1.19. The molecule has 1 unspecified atom stereocenters. The van der Waals surface area contributed by atoms with Crippen molar-refractivity contribution in [3.05, 3.63) is 24.3 Å². The van der Waals surface area contributed by atoms with Gasteiger partial charge < -0.3 is 4.90 Å². The van der Waals surface area contributed by atoms with Crippen molar-refractivity contribution in [3.63, 3.8) is 0 Å². The van der Waals surface area contributed by atoms with Crippen molar-refractivity contribution in [3.8, 4) is 0 Å². The predicted molar refractivity (Wildman–Crippen MR) is 80.6 cm³/mol. The Morgan fingerprint density at radius 1 is 1.35 bits per heavy atom. The summed E-state index contributed by atoms with van der Waals surface area (Å²) in [6, 6.07) is 7.16. The number of alkyl halides is 1. The third kappa shape index (κ3) is 5.06. The molecule has 6 nitrogen and oxygen atoms in total. The lowest BCUT2D eigenvalue weighted by Gasteiger charge is -2.12. The van der Waals surface area contributed by atoms with Crippen LogP contribution in [0.1, 0.15) is 0 Å². The van der Waals surface area contributed by atoms with Crippen molar-refractivity contribution >= 4 is 36.3 Å². The van der Waals surface area contributed by atoms with E-state index in [9.17, 15) is 9.36 Å². The van der Waals surface area contributed by atoms with Crippen LogP contribution in [0.25, 0.3) is 0 Å². The van der Waals surface area contributed by atoms with Crippen LogP contribution in [0.4, 0.5) is 5.69 Å². The third-order valence-electron chi connectivity index (χ3n) is 2.49. The zero-order valence-electron chi connectivity index (χ0n) is 11.5. The van der Waals surface area contributed by atoms with Crippen LogP contribution in [0, 0.1) is 0 Å². The van der Waals surface area contributed by atoms with E-state index in [1.165, 1.54) is 0 Å². The molecule has 0 spiro atoms. The molecule has 0 radical (unpaired) electrons. The summed E-state index contributed by atoms with van der Waals surface area (Å²) in [5.74, 6) is 5.03. The first-order valence-electron chi connectivity index (χ1n) is 5.94. The Kier molecular flexibility index (Phi) is 6.88. The molecule has 0 aromatic heterocycles. The molecule has 0 saturated heterocycles. The first kappa shape index (κ1) is 16.9. The van der Waals surface area contributed by atoms with Crippen LogP contribution in [-0.4, -0.2) is 43.8 Å². The number of hydrogen-bond donors (Lipinski definition) is 1. The standard InChI is InChI=1S/C12H18ClN3O3P/c1-15(2)10-3-5-11(6-4-10)20(18)9-12(17)16(14)19-8-7-13/h3-6H,7-9,14H2,1-2H3/q+1. The van der Waals surface area contributed by atoms with Gasteiger partial charge in [0, 0.05) is 25.7 Å². The number of carbonyl (C=O) groups is 1. The first-order chi connectivity index (χ1) is 9.45. The third-order valence-corrected chi connectivity index (χ3v) is 4.07. The Balaban J connectivity index is 2.59. The van der Waals surface area contributed by atoms with Gasteiger partial charge in [-0.1, -0.05) is 4.57 Å². The van der Waals surface area contributed by atoms with Gasteiger partial charge in [-0.2, -0.15) is 0 Å². The Labute approximate surface area is 124 Å². The second kappa shape index (κ2) is 8.17. The highest BCUT2D eigenvalue weighted by molar-refractivity contribution is 7.54. The van der Waals surface area contributed by atoms with Gasteiger partial charge in [0.2, 0.25) is 6.16 Å². The molecule has 8 heteroatoms. The minimum absolute atomic E-state index is 0.123. The second-order valence-electron chi connectivity index (χ2n) is 4.19. The number of hydrogen-bond acceptors (Lipinski definition) is 5. The highest BCUT2D eigenvalue weighted by atomic mass is 35.5. The summed E-state index contributed by atoms with van der Waals surface area (Å²) in [6.07, 6.45) is -0.199. The number of nitrogens with two attached hydrogens (primary N) is 1. The molecule has 0 aliphatic heterocycles. The molecule has 0 heterocycles. The van der Waals surface area contributed by atoms with Gasteiger partial charge >= 0.3 is 13.7 Å². The summed E-state index contributed by atoms with van der Waals surface area (Å²) < 4.78 is 12.1. The summed E-state index contributed by atoms with van der Waals surface area (Å²) in [5.41, 5.74) is 0.995. The summed E-state index contributed by atoms with van der Waals surface area (Å²) >= 11 is 5.41. The molecule has 1 rings (SSSR count). The Hall–Kier alpha value is -1.20. The van der Waals surface area contributed by atoms with Crippen LogP contribution in [0.2, 0.25) is 0 Å². The van der Waals surface area contributed by atoms with E-state index in [0.29, 0.717) is 10.5 Å². The lowest BCUT2D eigenvalue weighted by atomic mass is 10.3. The predicted octanol–water partition coefficient (Wildman–Crippen LogP) is 1.08. The van der Waals surface area contributed by atoms with Crippen LogP contribution in [0.15, 0.2) is 24.3 Å². The van der Waals surface area contributed by atoms with Gasteiger partial charge in [-0.3, -0.25) is 9.63 Å². The maximum absolute atomic E-state index is 12.1. The fourth-order valence-electron chi connectivity index (χ4n) is 1.41. The highest BCUT2D eigenvalue weighted by Crippen LogP contribution is 2.21. The van der Waals surface area contributed by atoms with Gasteiger partial charge in [-0.25, -0.2) is 5.84 Å². The Morgan fingerprint density at radius 2 is 1.95 bits per heavy atom. The number of rotatable bonds is 7. The van der Waals surface area contributed by atoms with Gasteiger partial charge in [-0.15, -0.1) is 16.8 Å². The zero-order valence-corrected chi connectivity index (χ0v) is 13.1. The van der Waals surface area contributed by atoms with Crippen molar-refractivity contribution < 1.29 is 14.2 Å². The SMILES string of the molecule is CN(C)c1ccc([P+](=O)CC(=O)N(N)OCCCl)cc1. The first-order valence-corrected chi connectivity index (χ1v) is 7.92. The van der Waals surface area contributed by atoms with E-state index in [1.807, 2.05) is 31.1 Å². The van der Waals surface area contributed by atoms with E-state index >= 15 is 0 Å². The van der Waals surface area contributed by atoms with Crippen molar-refractivity contribution in [1.29, 1.82) is 0 Å². The average Bonchev–Trinajstić information content (AvgIpc) is 2.44. The van der Waals surface area contributed by atoms with Crippen LogP contribution in [0.5, 0.6) is 0 Å². The maximum Gasteiger partial charge on any atom is 0.386 e. The summed E-state index contributed by atoms with van der Waals surface area (Å²) in [4.78, 5) is 18.4. The van der Waals surface area contributed by atoms with Crippen LogP contribution in [0.3, 0.4) is 0 Å². The maximum atomic E-state index is 12.1. The number of nitrogens with zero attached hydrogens (tertiary/aromatic N) is 2. The molecule has 1 atom stereocenters. The second-order valence-corrected chi connectivity index (χ2v) is 6.16. The number of hydroxylamine groups is 1. The lowest BCUT2D eigenvalue weighted by Crippen LogP contribution is -2.39. The minimum Gasteiger partial charge on any atom is -0.378 e. The van der Waals surface area contributed by atoms with Crippen molar-refractivity contribution in [2.24, 2.45) is 5.84 Å². The summed E-state index contributed by atoms with van der Waals surface area (Å²) in [6.45, 7) is 0.123. The van der Waals surface area contributed by atoms with Crippen LogP contribution < -0.4 is 16.0 Å². The molecule has 20 heavy (non-hydrogen) atoms. The van der Waals surface area contributed by atoms with Crippen molar-refractivity contribution in [1.82, 2.24) is 5.17 Å². The smallest absolute Gasteiger partial charge is 0.378 e. The molecule has 0 aliphatic carbocycles. The quantitative estimate of drug-likeness (QED) is 0.268. The zero-order chi connectivity index (χ0) is 15.1. The largest absolute Gasteiger partial charge is 0.386 e. The van der Waals surface area contributed by atoms with Gasteiger partial charge in [0.25, 0.3) is 0 Å². The number of benzene rings is 1. The minimum atomic E-state index is -1.85. The van der Waals surface area contributed by atoms with E-state index in [2.05, 4.69) is 0 Å². The highest BCUT2D eigenvalue weighted by Gasteiger charge is 2.27. The number of hydrazine groups is 1. The van der Waals surface area contributed by atoms with E-state index in [0.717, 1.165) is 5.69 Å². The number of anilines is 1. The number of amides is 1. The lowest BCUT2D eigenvalue weighted by molar-refractivity contribution is -0.183. The summed E-state index contributed by atoms with van der Waals surface area (Å²) in [7, 11) is 1.98. The molecular formula is C12H18ClN3O3P+. The van der Waals surface area contributed by atoms with Crippen molar-refractivity contribution in [2.45, 2.75) is 0 Å². The molecule has 0 saturated carbocycles. The molecule has 0 fully saturated rings. The monoisotopic (exact) mass is 318 g/mol. The van der Waals surface area contributed by atoms with E-state index in [1.54, 1.807) is 12.1 Å². The van der Waals surface area contributed by atoms with Crippen molar-refractivity contribution in [2.75, 3.05) is 37.6 Å². The van der Waals surface area contributed by atoms with Crippen LogP contribution >= 0.6 is 19.4 Å². The topological polar surface area (TPSA) is 75.9 Å². The molecule has 1 aromatic rings. The van der Waals surface area contributed by atoms with Gasteiger partial charge in [0.15, 0.2) is 5.30 Å². The van der Waals surface area contributed by atoms with E-state index in [-0.39, 0.29) is 18.6 Å². The molecule has 1 aromatic carbocycles. The fraction of sp³-hybridized carbons (Fsp3) is 0.417. The molecule has 110 valence electrons. The Morgan fingerprint density at radius 3 is 2.45 bits per heavy atom. The van der Waals surface area contributed by atoms with Gasteiger partial charge in [0.1, 0.15) is 0 Å².